The standard InChI is InChI=1S/C13H9Cl2NO2.K/c14-10-2-1-3-11(12(10)15)16-13(18)8-4-6-9(17)7-5-8;/h1-7,17H,(H,16,18);/q;+1. The minimum absolute atomic E-state index is 0. The molecule has 2 aromatic carbocycles. The summed E-state index contributed by atoms with van der Waals surface area (Å²) in [6, 6.07) is 10.9. The van der Waals surface area contributed by atoms with Crippen molar-refractivity contribution in [1.82, 2.24) is 0 Å². The molecule has 0 saturated carbocycles. The third-order valence-electron chi connectivity index (χ3n) is 2.33. The van der Waals surface area contributed by atoms with E-state index in [1.54, 1.807) is 18.2 Å². The van der Waals surface area contributed by atoms with Gasteiger partial charge in [-0.3, -0.25) is 4.79 Å². The van der Waals surface area contributed by atoms with E-state index in [1.807, 2.05) is 0 Å². The normalized spacial score (nSPS) is 9.58. The van der Waals surface area contributed by atoms with Gasteiger partial charge in [-0.1, -0.05) is 29.3 Å². The van der Waals surface area contributed by atoms with Crippen LogP contribution in [0.15, 0.2) is 42.5 Å². The Morgan fingerprint density at radius 1 is 1.05 bits per heavy atom. The molecular formula is C13H9Cl2KNO2+. The van der Waals surface area contributed by atoms with E-state index >= 15 is 0 Å². The van der Waals surface area contributed by atoms with Crippen molar-refractivity contribution in [2.24, 2.45) is 0 Å². The third-order valence-corrected chi connectivity index (χ3v) is 3.15. The zero-order chi connectivity index (χ0) is 13.1. The van der Waals surface area contributed by atoms with Gasteiger partial charge in [-0.05, 0) is 36.4 Å². The molecular weight excluding hydrogens is 312 g/mol. The van der Waals surface area contributed by atoms with E-state index in [9.17, 15) is 4.79 Å². The van der Waals surface area contributed by atoms with Crippen molar-refractivity contribution in [3.8, 4) is 5.75 Å². The first-order valence-electron chi connectivity index (χ1n) is 5.12. The number of rotatable bonds is 2. The number of nitrogens with one attached hydrogen (secondary N) is 1. The van der Waals surface area contributed by atoms with Gasteiger partial charge in [0.05, 0.1) is 15.7 Å². The average Bonchev–Trinajstić information content (AvgIpc) is 2.36. The minimum Gasteiger partial charge on any atom is -0.508 e. The van der Waals surface area contributed by atoms with E-state index in [0.29, 0.717) is 21.3 Å². The number of aromatic hydroxyl groups is 1. The smallest absolute Gasteiger partial charge is 0.508 e. The molecule has 2 aromatic rings. The van der Waals surface area contributed by atoms with E-state index in [2.05, 4.69) is 5.32 Å². The first-order valence-corrected chi connectivity index (χ1v) is 5.88. The molecule has 0 spiro atoms. The van der Waals surface area contributed by atoms with Crippen LogP contribution in [0.5, 0.6) is 5.75 Å². The Balaban J connectivity index is 0.00000180. The molecule has 0 heterocycles. The Kier molecular flexibility index (Phi) is 6.83. The molecule has 0 aliphatic rings. The fourth-order valence-corrected chi connectivity index (χ4v) is 1.76. The van der Waals surface area contributed by atoms with Crippen molar-refractivity contribution < 1.29 is 61.3 Å². The molecule has 6 heteroatoms. The summed E-state index contributed by atoms with van der Waals surface area (Å²) >= 11 is 11.8. The molecule has 0 bridgehead atoms. The van der Waals surface area contributed by atoms with Crippen LogP contribution in [0.25, 0.3) is 0 Å². The molecule has 1 amide bonds. The number of carbonyl (C=O) groups excluding carboxylic acids is 1. The molecule has 0 atom stereocenters. The molecule has 0 aliphatic heterocycles. The van der Waals surface area contributed by atoms with Crippen LogP contribution in [0, 0.1) is 0 Å². The summed E-state index contributed by atoms with van der Waals surface area (Å²) in [6.45, 7) is 0. The SMILES string of the molecule is O=C(Nc1cccc(Cl)c1Cl)c1ccc(O)cc1.[K+]. The van der Waals surface area contributed by atoms with E-state index < -0.39 is 0 Å². The van der Waals surface area contributed by atoms with Crippen molar-refractivity contribution >= 4 is 34.8 Å². The molecule has 0 radical (unpaired) electrons. The van der Waals surface area contributed by atoms with Crippen LogP contribution in [0.4, 0.5) is 5.69 Å². The van der Waals surface area contributed by atoms with Gasteiger partial charge in [0.15, 0.2) is 0 Å². The first kappa shape index (κ1) is 17.0. The van der Waals surface area contributed by atoms with E-state index in [1.165, 1.54) is 24.3 Å². The van der Waals surface area contributed by atoms with E-state index in [4.69, 9.17) is 28.3 Å². The van der Waals surface area contributed by atoms with Crippen molar-refractivity contribution in [2.45, 2.75) is 0 Å². The zero-order valence-electron chi connectivity index (χ0n) is 10.2. The second-order valence-corrected chi connectivity index (χ2v) is 4.39. The summed E-state index contributed by atoms with van der Waals surface area (Å²) < 4.78 is 0. The number of benzene rings is 2. The molecule has 0 fully saturated rings. The third kappa shape index (κ3) is 4.46. The maximum Gasteiger partial charge on any atom is 1.00 e. The molecule has 2 N–H and O–H groups in total. The first-order chi connectivity index (χ1) is 8.58. The quantitative estimate of drug-likeness (QED) is 0.810. The number of anilines is 1. The van der Waals surface area contributed by atoms with Gasteiger partial charge in [0.25, 0.3) is 5.91 Å². The molecule has 92 valence electrons. The van der Waals surface area contributed by atoms with Gasteiger partial charge in [0, 0.05) is 5.56 Å². The predicted octanol–water partition coefficient (Wildman–Crippen LogP) is 0.955. The number of hydrogen-bond donors (Lipinski definition) is 2. The summed E-state index contributed by atoms with van der Waals surface area (Å²) in [4.78, 5) is 11.9. The average molecular weight is 321 g/mol. The number of amides is 1. The van der Waals surface area contributed by atoms with Crippen LogP contribution < -0.4 is 56.7 Å². The topological polar surface area (TPSA) is 49.3 Å². The number of carbonyl (C=O) groups is 1. The van der Waals surface area contributed by atoms with Gasteiger partial charge in [-0.15, -0.1) is 0 Å². The van der Waals surface area contributed by atoms with Crippen molar-refractivity contribution in [2.75, 3.05) is 5.32 Å². The Morgan fingerprint density at radius 3 is 2.32 bits per heavy atom. The maximum atomic E-state index is 11.9. The van der Waals surface area contributed by atoms with Gasteiger partial charge in [0.1, 0.15) is 5.75 Å². The van der Waals surface area contributed by atoms with Crippen LogP contribution in [-0.4, -0.2) is 11.0 Å². The van der Waals surface area contributed by atoms with Crippen LogP contribution in [0.2, 0.25) is 10.0 Å². The molecule has 19 heavy (non-hydrogen) atoms. The van der Waals surface area contributed by atoms with Gasteiger partial charge in [0.2, 0.25) is 0 Å². The molecule has 0 unspecified atom stereocenters. The maximum absolute atomic E-state index is 11.9. The summed E-state index contributed by atoms with van der Waals surface area (Å²) in [5, 5.41) is 12.5. The van der Waals surface area contributed by atoms with Crippen LogP contribution in [0.3, 0.4) is 0 Å². The second kappa shape index (κ2) is 7.64. The van der Waals surface area contributed by atoms with E-state index in [0.717, 1.165) is 0 Å². The minimum atomic E-state index is -0.320. The summed E-state index contributed by atoms with van der Waals surface area (Å²) in [5.41, 5.74) is 0.867. The largest absolute Gasteiger partial charge is 1.00 e. The van der Waals surface area contributed by atoms with Crippen molar-refractivity contribution in [1.29, 1.82) is 0 Å². The van der Waals surface area contributed by atoms with Crippen LogP contribution in [0.1, 0.15) is 10.4 Å². The fourth-order valence-electron chi connectivity index (χ4n) is 1.41. The Bertz CT molecular complexity index is 588. The number of phenols is 1. The fraction of sp³-hybridized carbons (Fsp3) is 0. The molecule has 0 aliphatic carbocycles. The van der Waals surface area contributed by atoms with Gasteiger partial charge >= 0.3 is 51.4 Å². The molecule has 2 rings (SSSR count). The number of halogens is 2. The Hall–Kier alpha value is -0.0736. The van der Waals surface area contributed by atoms with Crippen LogP contribution in [-0.2, 0) is 0 Å². The second-order valence-electron chi connectivity index (χ2n) is 3.60. The molecule has 0 saturated heterocycles. The van der Waals surface area contributed by atoms with E-state index in [-0.39, 0.29) is 63.0 Å². The van der Waals surface area contributed by atoms with Gasteiger partial charge in [-0.2, -0.15) is 0 Å². The summed E-state index contributed by atoms with van der Waals surface area (Å²) in [7, 11) is 0. The van der Waals surface area contributed by atoms with Crippen molar-refractivity contribution in [3.63, 3.8) is 0 Å². The monoisotopic (exact) mass is 320 g/mol. The predicted molar refractivity (Wildman–Crippen MR) is 72.5 cm³/mol. The van der Waals surface area contributed by atoms with Crippen LogP contribution >= 0.6 is 23.2 Å². The van der Waals surface area contributed by atoms with Gasteiger partial charge in [-0.25, -0.2) is 0 Å². The summed E-state index contributed by atoms with van der Waals surface area (Å²) in [5.74, 6) is -0.216. The zero-order valence-corrected chi connectivity index (χ0v) is 14.8. The van der Waals surface area contributed by atoms with Gasteiger partial charge < -0.3 is 10.4 Å². The summed E-state index contributed by atoms with van der Waals surface area (Å²) in [6.07, 6.45) is 0. The Morgan fingerprint density at radius 2 is 1.68 bits per heavy atom. The Labute approximate surface area is 163 Å². The van der Waals surface area contributed by atoms with Crippen molar-refractivity contribution in [3.05, 3.63) is 58.1 Å². The molecule has 3 nitrogen and oxygen atoms in total. The number of hydrogen-bond acceptors (Lipinski definition) is 2. The number of phenolic OH excluding ortho intramolecular Hbond substituents is 1. The molecule has 0 aromatic heterocycles.